The van der Waals surface area contributed by atoms with Crippen LogP contribution >= 0.6 is 0 Å². The van der Waals surface area contributed by atoms with Gasteiger partial charge in [0, 0.05) is 0 Å². The lowest BCUT2D eigenvalue weighted by atomic mass is 10.0. The molecule has 1 aromatic carbocycles. The Hall–Kier alpha value is -1.80. The van der Waals surface area contributed by atoms with E-state index in [2.05, 4.69) is 5.32 Å². The molecule has 0 bridgehead atoms. The van der Waals surface area contributed by atoms with Crippen molar-refractivity contribution in [3.63, 3.8) is 0 Å². The summed E-state index contributed by atoms with van der Waals surface area (Å²) < 4.78 is 43.1. The van der Waals surface area contributed by atoms with Crippen molar-refractivity contribution in [3.05, 3.63) is 35.4 Å². The number of aliphatic hydroxyl groups is 2. The molecule has 5 nitrogen and oxygen atoms in total. The van der Waals surface area contributed by atoms with Crippen molar-refractivity contribution in [1.82, 2.24) is 5.32 Å². The van der Waals surface area contributed by atoms with Crippen molar-refractivity contribution >= 4 is 6.09 Å². The van der Waals surface area contributed by atoms with Crippen LogP contribution in [0.2, 0.25) is 0 Å². The molecule has 0 fully saturated rings. The van der Waals surface area contributed by atoms with Gasteiger partial charge in [0.2, 0.25) is 0 Å². The molecule has 1 rings (SSSR count). The smallest absolute Gasteiger partial charge is 0.416 e. The van der Waals surface area contributed by atoms with E-state index in [1.54, 1.807) is 20.8 Å². The van der Waals surface area contributed by atoms with Crippen molar-refractivity contribution in [3.8, 4) is 0 Å². The van der Waals surface area contributed by atoms with Crippen molar-refractivity contribution in [2.75, 3.05) is 6.61 Å². The zero-order chi connectivity index (χ0) is 17.8. The highest BCUT2D eigenvalue weighted by molar-refractivity contribution is 5.68. The summed E-state index contributed by atoms with van der Waals surface area (Å²) in [4.78, 5) is 11.7. The van der Waals surface area contributed by atoms with Gasteiger partial charge in [-0.2, -0.15) is 13.2 Å². The maximum absolute atomic E-state index is 12.7. The van der Waals surface area contributed by atoms with Gasteiger partial charge in [0.1, 0.15) is 11.7 Å². The number of aliphatic hydroxyl groups excluding tert-OH is 2. The van der Waals surface area contributed by atoms with Crippen LogP contribution in [-0.2, 0) is 10.9 Å². The van der Waals surface area contributed by atoms with Crippen molar-refractivity contribution < 1.29 is 32.9 Å². The van der Waals surface area contributed by atoms with E-state index in [9.17, 15) is 28.2 Å². The summed E-state index contributed by atoms with van der Waals surface area (Å²) in [6, 6.07) is 2.85. The summed E-state index contributed by atoms with van der Waals surface area (Å²) in [5.41, 5.74) is -1.79. The summed E-state index contributed by atoms with van der Waals surface area (Å²) in [5.74, 6) is 0. The van der Waals surface area contributed by atoms with Crippen LogP contribution < -0.4 is 5.32 Å². The molecule has 0 saturated carbocycles. The number of alkyl carbamates (subject to hydrolysis) is 1. The molecule has 8 heteroatoms. The topological polar surface area (TPSA) is 78.8 Å². The van der Waals surface area contributed by atoms with Gasteiger partial charge < -0.3 is 20.3 Å². The number of alkyl halides is 3. The van der Waals surface area contributed by atoms with E-state index in [0.717, 1.165) is 18.2 Å². The fourth-order valence-electron chi connectivity index (χ4n) is 1.81. The van der Waals surface area contributed by atoms with Gasteiger partial charge >= 0.3 is 12.3 Å². The molecule has 0 saturated heterocycles. The molecule has 1 amide bonds. The van der Waals surface area contributed by atoms with E-state index in [-0.39, 0.29) is 5.56 Å². The molecule has 2 atom stereocenters. The number of ether oxygens (including phenoxy) is 1. The quantitative estimate of drug-likeness (QED) is 0.790. The van der Waals surface area contributed by atoms with Gasteiger partial charge in [-0.1, -0.05) is 12.1 Å². The lowest BCUT2D eigenvalue weighted by Crippen LogP contribution is -2.44. The average Bonchev–Trinajstić information content (AvgIpc) is 2.41. The zero-order valence-electron chi connectivity index (χ0n) is 13.0. The SMILES string of the molecule is CC(C)(C)OC(=O)N[C@@H](CO)[C@@H](O)c1cccc(C(F)(F)F)c1. The second kappa shape index (κ2) is 7.18. The number of halogens is 3. The molecule has 1 aromatic rings. The molecule has 0 aliphatic rings. The number of hydrogen-bond acceptors (Lipinski definition) is 4. The third-order valence-corrected chi connectivity index (χ3v) is 2.84. The van der Waals surface area contributed by atoms with Crippen LogP contribution in [0.3, 0.4) is 0 Å². The maximum Gasteiger partial charge on any atom is 0.416 e. The maximum atomic E-state index is 12.7. The monoisotopic (exact) mass is 335 g/mol. The van der Waals surface area contributed by atoms with Crippen LogP contribution in [0.1, 0.15) is 38.0 Å². The number of carbonyl (C=O) groups is 1. The van der Waals surface area contributed by atoms with Gasteiger partial charge in [0.15, 0.2) is 0 Å². The van der Waals surface area contributed by atoms with Gasteiger partial charge in [-0.25, -0.2) is 4.79 Å². The highest BCUT2D eigenvalue weighted by atomic mass is 19.4. The summed E-state index contributed by atoms with van der Waals surface area (Å²) in [5, 5.41) is 21.6. The molecule has 0 radical (unpaired) electrons. The largest absolute Gasteiger partial charge is 0.444 e. The number of hydrogen-bond donors (Lipinski definition) is 3. The number of nitrogens with one attached hydrogen (secondary N) is 1. The molecule has 0 unspecified atom stereocenters. The highest BCUT2D eigenvalue weighted by Gasteiger charge is 2.32. The van der Waals surface area contributed by atoms with Crippen molar-refractivity contribution in [2.24, 2.45) is 0 Å². The fraction of sp³-hybridized carbons (Fsp3) is 0.533. The number of carbonyl (C=O) groups excluding carboxylic acids is 1. The van der Waals surface area contributed by atoms with Crippen LogP contribution in [0.5, 0.6) is 0 Å². The predicted octanol–water partition coefficient (Wildman–Crippen LogP) is 2.62. The van der Waals surface area contributed by atoms with E-state index >= 15 is 0 Å². The molecule has 0 aliphatic heterocycles. The Morgan fingerprint density at radius 2 is 1.91 bits per heavy atom. The van der Waals surface area contributed by atoms with Crippen LogP contribution in [0.4, 0.5) is 18.0 Å². The van der Waals surface area contributed by atoms with Crippen LogP contribution in [0.25, 0.3) is 0 Å². The van der Waals surface area contributed by atoms with Gasteiger partial charge in [0.05, 0.1) is 18.2 Å². The standard InChI is InChI=1S/C15H20F3NO4/c1-14(2,3)23-13(22)19-11(8-20)12(21)9-5-4-6-10(7-9)15(16,17)18/h4-7,11-12,20-21H,8H2,1-3H3,(H,19,22)/t11-,12-/m0/s1. The molecular formula is C15H20F3NO4. The Kier molecular flexibility index (Phi) is 6.01. The minimum Gasteiger partial charge on any atom is -0.444 e. The minimum atomic E-state index is -4.55. The second-order valence-electron chi connectivity index (χ2n) is 6.00. The van der Waals surface area contributed by atoms with Crippen molar-refractivity contribution in [1.29, 1.82) is 0 Å². The molecule has 3 N–H and O–H groups in total. The number of rotatable bonds is 4. The van der Waals surface area contributed by atoms with E-state index in [4.69, 9.17) is 4.74 Å². The van der Waals surface area contributed by atoms with E-state index in [1.807, 2.05) is 0 Å². The average molecular weight is 335 g/mol. The van der Waals surface area contributed by atoms with Crippen molar-refractivity contribution in [2.45, 2.75) is 44.7 Å². The molecule has 0 aliphatic carbocycles. The normalized spacial score (nSPS) is 15.0. The summed E-state index contributed by atoms with van der Waals surface area (Å²) >= 11 is 0. The third-order valence-electron chi connectivity index (χ3n) is 2.84. The van der Waals surface area contributed by atoms with Gasteiger partial charge in [-0.05, 0) is 38.5 Å². The van der Waals surface area contributed by atoms with E-state index < -0.39 is 42.2 Å². The first-order valence-corrected chi connectivity index (χ1v) is 6.89. The number of amides is 1. The van der Waals surface area contributed by atoms with Gasteiger partial charge in [0.25, 0.3) is 0 Å². The summed E-state index contributed by atoms with van der Waals surface area (Å²) in [6.45, 7) is 4.22. The van der Waals surface area contributed by atoms with E-state index in [1.165, 1.54) is 6.07 Å². The Labute approximate surface area is 132 Å². The summed E-state index contributed by atoms with van der Waals surface area (Å²) in [7, 11) is 0. The second-order valence-corrected chi connectivity index (χ2v) is 6.00. The third kappa shape index (κ3) is 6.07. The molecule has 23 heavy (non-hydrogen) atoms. The van der Waals surface area contributed by atoms with Gasteiger partial charge in [-0.3, -0.25) is 0 Å². The predicted molar refractivity (Wildman–Crippen MR) is 76.6 cm³/mol. The lowest BCUT2D eigenvalue weighted by Gasteiger charge is -2.26. The van der Waals surface area contributed by atoms with Crippen LogP contribution in [0, 0.1) is 0 Å². The first-order valence-electron chi connectivity index (χ1n) is 6.89. The fourth-order valence-corrected chi connectivity index (χ4v) is 1.81. The minimum absolute atomic E-state index is 0.0741. The number of benzene rings is 1. The van der Waals surface area contributed by atoms with Gasteiger partial charge in [-0.15, -0.1) is 0 Å². The van der Waals surface area contributed by atoms with Crippen LogP contribution in [0.15, 0.2) is 24.3 Å². The Morgan fingerprint density at radius 3 is 2.39 bits per heavy atom. The Bertz CT molecular complexity index is 540. The molecule has 130 valence electrons. The Balaban J connectivity index is 2.88. The highest BCUT2D eigenvalue weighted by Crippen LogP contribution is 2.31. The Morgan fingerprint density at radius 1 is 1.30 bits per heavy atom. The molecule has 0 heterocycles. The lowest BCUT2D eigenvalue weighted by molar-refractivity contribution is -0.137. The van der Waals surface area contributed by atoms with Crippen LogP contribution in [-0.4, -0.2) is 34.6 Å². The summed E-state index contributed by atoms with van der Waals surface area (Å²) in [6.07, 6.45) is -6.96. The first kappa shape index (κ1) is 19.2. The molecule has 0 aromatic heterocycles. The first-order chi connectivity index (χ1) is 10.4. The zero-order valence-corrected chi connectivity index (χ0v) is 13.0. The van der Waals surface area contributed by atoms with E-state index in [0.29, 0.717) is 0 Å². The molecule has 0 spiro atoms. The molecular weight excluding hydrogens is 315 g/mol.